The molecule has 0 aliphatic heterocycles. The van der Waals surface area contributed by atoms with Crippen molar-refractivity contribution in [2.24, 2.45) is 17.6 Å². The van der Waals surface area contributed by atoms with Gasteiger partial charge < -0.3 is 26.2 Å². The van der Waals surface area contributed by atoms with E-state index in [1.54, 1.807) is 6.07 Å². The summed E-state index contributed by atoms with van der Waals surface area (Å²) in [6.07, 6.45) is 0.338. The quantitative estimate of drug-likeness (QED) is 0.366. The van der Waals surface area contributed by atoms with Crippen LogP contribution in [0.5, 0.6) is 5.75 Å². The Morgan fingerprint density at radius 2 is 1.72 bits per heavy atom. The summed E-state index contributed by atoms with van der Waals surface area (Å²) in [6, 6.07) is 10.5. The van der Waals surface area contributed by atoms with Crippen molar-refractivity contribution in [1.82, 2.24) is 0 Å². The van der Waals surface area contributed by atoms with Crippen molar-refractivity contribution >= 4 is 29.0 Å². The van der Waals surface area contributed by atoms with Gasteiger partial charge in [0.25, 0.3) is 5.91 Å². The zero-order chi connectivity index (χ0) is 28.4. The monoisotopic (exact) mass is 531 g/mol. The van der Waals surface area contributed by atoms with Crippen LogP contribution in [0, 0.1) is 11.8 Å². The van der Waals surface area contributed by atoms with E-state index in [4.69, 9.17) is 5.73 Å². The van der Waals surface area contributed by atoms with E-state index in [-0.39, 0.29) is 47.8 Å². The first kappa shape index (κ1) is 26.4. The lowest BCUT2D eigenvalue weighted by Crippen LogP contribution is -2.58. The van der Waals surface area contributed by atoms with Crippen LogP contribution >= 0.6 is 0 Å². The molecule has 0 bridgehead atoms. The first-order valence-corrected chi connectivity index (χ1v) is 12.9. The Labute approximate surface area is 224 Å². The number of aliphatic hydroxyl groups is 3. The minimum Gasteiger partial charge on any atom is -0.508 e. The van der Waals surface area contributed by atoms with E-state index in [1.165, 1.54) is 6.07 Å². The lowest BCUT2D eigenvalue weighted by Gasteiger charge is -2.46. The molecule has 0 spiro atoms. The Morgan fingerprint density at radius 1 is 1.05 bits per heavy atom. The molecule has 0 radical (unpaired) electrons. The van der Waals surface area contributed by atoms with Gasteiger partial charge in [-0.2, -0.15) is 0 Å². The highest BCUT2D eigenvalue weighted by Gasteiger charge is 2.60. The molecule has 39 heavy (non-hydrogen) atoms. The Kier molecular flexibility index (Phi) is 6.22. The number of phenolic OH excluding ortho intramolecular Hbond substituents is 1. The molecule has 0 aromatic heterocycles. The number of nitrogens with two attached hydrogens (primary N) is 1. The number of primary amides is 1. The standard InChI is InChI=1S/C30H29NO8/c1-3-20(32)13(2)14-4-6-15(7-5-14)18-8-9-21(33)24-19(18)11-16-10-17-12-22(34)25(29(31)38)28(37)30(17,39)27(36)23(16)26(24)35/h4-9,13,16-17,33,35,37,39H,3,10-12H2,1-2H3,(H2,31,38). The molecule has 2 aromatic carbocycles. The van der Waals surface area contributed by atoms with E-state index in [0.29, 0.717) is 17.5 Å². The third kappa shape index (κ3) is 3.79. The van der Waals surface area contributed by atoms with E-state index in [9.17, 15) is 39.6 Å². The molecule has 2 aromatic rings. The molecule has 0 saturated heterocycles. The predicted octanol–water partition coefficient (Wildman–Crippen LogP) is 3.17. The van der Waals surface area contributed by atoms with Crippen molar-refractivity contribution in [3.63, 3.8) is 0 Å². The van der Waals surface area contributed by atoms with Crippen LogP contribution in [0.3, 0.4) is 0 Å². The molecule has 9 heteroatoms. The molecule has 3 aliphatic carbocycles. The van der Waals surface area contributed by atoms with Crippen LogP contribution in [0.15, 0.2) is 53.3 Å². The summed E-state index contributed by atoms with van der Waals surface area (Å²) in [6.45, 7) is 3.67. The molecule has 4 atom stereocenters. The Hall–Kier alpha value is -4.24. The van der Waals surface area contributed by atoms with Crippen molar-refractivity contribution in [1.29, 1.82) is 0 Å². The second kappa shape index (κ2) is 9.20. The number of amides is 1. The molecule has 5 rings (SSSR count). The fourth-order valence-corrected chi connectivity index (χ4v) is 6.34. The van der Waals surface area contributed by atoms with E-state index in [2.05, 4.69) is 0 Å². The molecule has 202 valence electrons. The van der Waals surface area contributed by atoms with E-state index in [0.717, 1.165) is 11.1 Å². The van der Waals surface area contributed by atoms with E-state index < -0.39 is 52.0 Å². The highest BCUT2D eigenvalue weighted by molar-refractivity contribution is 6.22. The Balaban J connectivity index is 1.62. The lowest BCUT2D eigenvalue weighted by atomic mass is 9.59. The largest absolute Gasteiger partial charge is 0.508 e. The first-order valence-electron chi connectivity index (χ1n) is 12.9. The normalized spacial score (nSPS) is 25.1. The SMILES string of the molecule is CCC(=O)C(C)c1ccc(-c2ccc(O)c3c2CC2CC4CC(=O)C(C(N)=O)=C(O)C4(O)C(=O)C2=C3O)cc1. The van der Waals surface area contributed by atoms with Crippen molar-refractivity contribution in [2.45, 2.75) is 51.0 Å². The number of aromatic hydroxyl groups is 1. The third-order valence-electron chi connectivity index (χ3n) is 8.50. The molecular formula is C30H29NO8. The molecule has 4 unspecified atom stereocenters. The number of ketones is 3. The fraction of sp³-hybridized carbons (Fsp3) is 0.333. The number of Topliss-reactive ketones (excluding diaryl/α,β-unsaturated/α-hetero) is 3. The van der Waals surface area contributed by atoms with Crippen LogP contribution in [-0.4, -0.2) is 49.3 Å². The van der Waals surface area contributed by atoms with Gasteiger partial charge in [-0.1, -0.05) is 44.2 Å². The van der Waals surface area contributed by atoms with Gasteiger partial charge in [-0.15, -0.1) is 0 Å². The maximum Gasteiger partial charge on any atom is 0.255 e. The molecule has 3 aliphatic rings. The smallest absolute Gasteiger partial charge is 0.255 e. The minimum absolute atomic E-state index is 0.0400. The summed E-state index contributed by atoms with van der Waals surface area (Å²) in [5.74, 6) is -6.71. The summed E-state index contributed by atoms with van der Waals surface area (Å²) in [5.41, 5.74) is 4.62. The molecule has 0 heterocycles. The van der Waals surface area contributed by atoms with Gasteiger partial charge in [-0.25, -0.2) is 0 Å². The first-order chi connectivity index (χ1) is 18.4. The zero-order valence-electron chi connectivity index (χ0n) is 21.5. The number of carbonyl (C=O) groups is 4. The van der Waals surface area contributed by atoms with Crippen LogP contribution in [0.1, 0.15) is 55.7 Å². The Morgan fingerprint density at radius 3 is 2.33 bits per heavy atom. The summed E-state index contributed by atoms with van der Waals surface area (Å²) in [5, 5.41) is 44.0. The average molecular weight is 532 g/mol. The molecule has 1 fully saturated rings. The van der Waals surface area contributed by atoms with E-state index >= 15 is 0 Å². The predicted molar refractivity (Wildman–Crippen MR) is 141 cm³/mol. The molecule has 1 amide bonds. The summed E-state index contributed by atoms with van der Waals surface area (Å²) < 4.78 is 0. The van der Waals surface area contributed by atoms with Gasteiger partial charge in [0.15, 0.2) is 11.4 Å². The van der Waals surface area contributed by atoms with Crippen molar-refractivity contribution in [2.75, 3.05) is 0 Å². The summed E-state index contributed by atoms with van der Waals surface area (Å²) >= 11 is 0. The summed E-state index contributed by atoms with van der Waals surface area (Å²) in [7, 11) is 0. The number of carbonyl (C=O) groups excluding carboxylic acids is 4. The van der Waals surface area contributed by atoms with Crippen molar-refractivity contribution in [3.8, 4) is 16.9 Å². The number of phenols is 1. The zero-order valence-corrected chi connectivity index (χ0v) is 21.5. The second-order valence-electron chi connectivity index (χ2n) is 10.6. The minimum atomic E-state index is -2.59. The van der Waals surface area contributed by atoms with Gasteiger partial charge in [-0.05, 0) is 47.1 Å². The number of fused-ring (bicyclic) bond motifs is 3. The van der Waals surface area contributed by atoms with Gasteiger partial charge in [0, 0.05) is 30.3 Å². The van der Waals surface area contributed by atoms with Gasteiger partial charge >= 0.3 is 0 Å². The highest BCUT2D eigenvalue weighted by atomic mass is 16.3. The lowest BCUT2D eigenvalue weighted by molar-refractivity contribution is -0.147. The number of rotatable bonds is 5. The second-order valence-corrected chi connectivity index (χ2v) is 10.6. The number of benzene rings is 2. The highest BCUT2D eigenvalue weighted by Crippen LogP contribution is 2.53. The molecular weight excluding hydrogens is 502 g/mol. The van der Waals surface area contributed by atoms with Crippen LogP contribution in [-0.2, 0) is 25.6 Å². The summed E-state index contributed by atoms with van der Waals surface area (Å²) in [4.78, 5) is 50.1. The van der Waals surface area contributed by atoms with Gasteiger partial charge in [0.1, 0.15) is 28.6 Å². The fourth-order valence-electron chi connectivity index (χ4n) is 6.34. The van der Waals surface area contributed by atoms with Crippen LogP contribution in [0.2, 0.25) is 0 Å². The van der Waals surface area contributed by atoms with Gasteiger partial charge in [-0.3, -0.25) is 19.2 Å². The number of aliphatic hydroxyl groups excluding tert-OH is 2. The molecule has 1 saturated carbocycles. The number of hydrogen-bond donors (Lipinski definition) is 5. The third-order valence-corrected chi connectivity index (χ3v) is 8.50. The van der Waals surface area contributed by atoms with Crippen LogP contribution in [0.25, 0.3) is 16.9 Å². The molecule has 9 nitrogen and oxygen atoms in total. The Bertz CT molecular complexity index is 1520. The maximum absolute atomic E-state index is 13.6. The van der Waals surface area contributed by atoms with Crippen molar-refractivity contribution < 1.29 is 39.6 Å². The van der Waals surface area contributed by atoms with E-state index in [1.807, 2.05) is 38.1 Å². The van der Waals surface area contributed by atoms with Gasteiger partial charge in [0.2, 0.25) is 5.78 Å². The van der Waals surface area contributed by atoms with Crippen LogP contribution < -0.4 is 5.73 Å². The van der Waals surface area contributed by atoms with Crippen molar-refractivity contribution in [3.05, 3.63) is 70.0 Å². The maximum atomic E-state index is 13.6. The van der Waals surface area contributed by atoms with Gasteiger partial charge in [0.05, 0.1) is 5.56 Å². The van der Waals surface area contributed by atoms with Crippen LogP contribution in [0.4, 0.5) is 0 Å². The molecule has 6 N–H and O–H groups in total. The average Bonchev–Trinajstić information content (AvgIpc) is 2.90. The number of hydrogen-bond acceptors (Lipinski definition) is 8. The topological polar surface area (TPSA) is 175 Å².